The minimum absolute atomic E-state index is 0.0855. The van der Waals surface area contributed by atoms with Gasteiger partial charge in [-0.05, 0) is 58.3 Å². The first kappa shape index (κ1) is 17.2. The van der Waals surface area contributed by atoms with Gasteiger partial charge in [0, 0.05) is 3.57 Å². The first-order valence-corrected chi connectivity index (χ1v) is 8.16. The highest BCUT2D eigenvalue weighted by Crippen LogP contribution is 2.18. The number of rotatable bonds is 7. The predicted molar refractivity (Wildman–Crippen MR) is 101 cm³/mol. The highest BCUT2D eigenvalue weighted by Gasteiger charge is 2.05. The van der Waals surface area contributed by atoms with Crippen molar-refractivity contribution in [2.24, 2.45) is 5.10 Å². The summed E-state index contributed by atoms with van der Waals surface area (Å²) in [5.41, 5.74) is 4.38. The van der Waals surface area contributed by atoms with Crippen molar-refractivity contribution in [3.8, 4) is 5.75 Å². The van der Waals surface area contributed by atoms with E-state index in [0.29, 0.717) is 12.2 Å². The maximum Gasteiger partial charge on any atom is 0.277 e. The number of ether oxygens (including phenoxy) is 1. The average molecular weight is 420 g/mol. The van der Waals surface area contributed by atoms with Gasteiger partial charge < -0.3 is 4.74 Å². The molecule has 0 unspecified atom stereocenters. The predicted octanol–water partition coefficient (Wildman–Crippen LogP) is 3.55. The van der Waals surface area contributed by atoms with Crippen LogP contribution in [0.4, 0.5) is 0 Å². The third-order valence-electron chi connectivity index (χ3n) is 2.95. The van der Waals surface area contributed by atoms with E-state index in [9.17, 15) is 4.79 Å². The molecule has 0 fully saturated rings. The number of benzene rings is 2. The van der Waals surface area contributed by atoms with Crippen molar-refractivity contribution in [2.45, 2.75) is 6.42 Å². The zero-order chi connectivity index (χ0) is 16.5. The molecule has 1 N–H and O–H groups in total. The molecule has 2 rings (SSSR count). The molecule has 0 saturated heterocycles. The molecule has 4 nitrogen and oxygen atoms in total. The van der Waals surface area contributed by atoms with Crippen molar-refractivity contribution in [1.82, 2.24) is 5.43 Å². The van der Waals surface area contributed by atoms with Gasteiger partial charge in [0.2, 0.25) is 0 Å². The van der Waals surface area contributed by atoms with Crippen molar-refractivity contribution < 1.29 is 9.53 Å². The van der Waals surface area contributed by atoms with Gasteiger partial charge in [0.05, 0.1) is 6.21 Å². The molecule has 0 aliphatic rings. The molecule has 118 valence electrons. The maximum absolute atomic E-state index is 11.8. The van der Waals surface area contributed by atoms with E-state index in [0.717, 1.165) is 14.7 Å². The van der Waals surface area contributed by atoms with Crippen molar-refractivity contribution in [2.75, 3.05) is 6.61 Å². The fourth-order valence-electron chi connectivity index (χ4n) is 1.91. The summed E-state index contributed by atoms with van der Waals surface area (Å²) >= 11 is 2.22. The Morgan fingerprint density at radius 3 is 2.87 bits per heavy atom. The van der Waals surface area contributed by atoms with Crippen LogP contribution in [0.25, 0.3) is 0 Å². The van der Waals surface area contributed by atoms with Crippen molar-refractivity contribution in [3.05, 3.63) is 75.9 Å². The van der Waals surface area contributed by atoms with Crippen LogP contribution in [0.3, 0.4) is 0 Å². The van der Waals surface area contributed by atoms with E-state index in [2.05, 4.69) is 39.7 Å². The topological polar surface area (TPSA) is 50.7 Å². The number of carbonyl (C=O) groups excluding carboxylic acids is 1. The third kappa shape index (κ3) is 5.86. The van der Waals surface area contributed by atoms with E-state index in [4.69, 9.17) is 4.74 Å². The lowest BCUT2D eigenvalue weighted by Gasteiger charge is -2.09. The molecule has 0 aliphatic heterocycles. The van der Waals surface area contributed by atoms with Crippen LogP contribution >= 0.6 is 22.6 Å². The zero-order valence-corrected chi connectivity index (χ0v) is 14.7. The highest BCUT2D eigenvalue weighted by atomic mass is 127. The number of hydrazone groups is 1. The lowest BCUT2D eigenvalue weighted by atomic mass is 10.1. The minimum atomic E-state index is -0.305. The number of hydrogen-bond acceptors (Lipinski definition) is 3. The molecule has 0 spiro atoms. The van der Waals surface area contributed by atoms with Gasteiger partial charge in [-0.25, -0.2) is 5.43 Å². The molecular formula is C18H17IN2O2. The minimum Gasteiger partial charge on any atom is -0.483 e. The third-order valence-corrected chi connectivity index (χ3v) is 3.62. The first-order chi connectivity index (χ1) is 11.2. The van der Waals surface area contributed by atoms with E-state index in [1.807, 2.05) is 48.5 Å². The van der Waals surface area contributed by atoms with Crippen LogP contribution in [-0.4, -0.2) is 18.7 Å². The fourth-order valence-corrected chi connectivity index (χ4v) is 2.48. The number of amides is 1. The van der Waals surface area contributed by atoms with Crippen LogP contribution in [0.5, 0.6) is 5.75 Å². The molecule has 0 aromatic heterocycles. The molecule has 0 aliphatic carbocycles. The lowest BCUT2D eigenvalue weighted by Crippen LogP contribution is -2.24. The number of nitrogens with zero attached hydrogens (tertiary/aromatic N) is 1. The Labute approximate surface area is 149 Å². The normalized spacial score (nSPS) is 10.5. The molecule has 2 aromatic rings. The van der Waals surface area contributed by atoms with E-state index in [1.165, 1.54) is 0 Å². The standard InChI is InChI=1S/C18H17IN2O2/c1-2-6-15-8-3-4-10-17(15)23-13-18(22)21-20-12-14-7-5-9-16(19)11-14/h2-5,7-12H,1,6,13H2,(H,21,22)/b20-12-. The van der Waals surface area contributed by atoms with Crippen LogP contribution in [0.2, 0.25) is 0 Å². The Bertz CT molecular complexity index is 714. The van der Waals surface area contributed by atoms with Crippen LogP contribution in [-0.2, 0) is 11.2 Å². The monoisotopic (exact) mass is 420 g/mol. The Kier molecular flexibility index (Phi) is 6.80. The molecule has 23 heavy (non-hydrogen) atoms. The molecule has 5 heteroatoms. The number of carbonyl (C=O) groups is 1. The smallest absolute Gasteiger partial charge is 0.277 e. The molecule has 0 saturated carbocycles. The summed E-state index contributed by atoms with van der Waals surface area (Å²) in [6.45, 7) is 3.63. The van der Waals surface area contributed by atoms with Crippen molar-refractivity contribution in [3.63, 3.8) is 0 Å². The second-order valence-corrected chi connectivity index (χ2v) is 5.98. The molecule has 1 amide bonds. The van der Waals surface area contributed by atoms with Crippen molar-refractivity contribution >= 4 is 34.7 Å². The Hall–Kier alpha value is -2.15. The number of nitrogens with one attached hydrogen (secondary N) is 1. The largest absolute Gasteiger partial charge is 0.483 e. The SMILES string of the molecule is C=CCc1ccccc1OCC(=O)N/N=C\c1cccc(I)c1. The highest BCUT2D eigenvalue weighted by molar-refractivity contribution is 14.1. The second-order valence-electron chi connectivity index (χ2n) is 4.74. The summed E-state index contributed by atoms with van der Waals surface area (Å²) in [6, 6.07) is 15.4. The van der Waals surface area contributed by atoms with Gasteiger partial charge in [-0.1, -0.05) is 36.4 Å². The van der Waals surface area contributed by atoms with Gasteiger partial charge in [0.1, 0.15) is 5.75 Å². The lowest BCUT2D eigenvalue weighted by molar-refractivity contribution is -0.123. The van der Waals surface area contributed by atoms with Crippen LogP contribution in [0.15, 0.2) is 66.3 Å². The van der Waals surface area contributed by atoms with E-state index in [-0.39, 0.29) is 12.5 Å². The van der Waals surface area contributed by atoms with Crippen molar-refractivity contribution in [1.29, 1.82) is 0 Å². The summed E-state index contributed by atoms with van der Waals surface area (Å²) in [5, 5.41) is 3.93. The van der Waals surface area contributed by atoms with Gasteiger partial charge in [-0.15, -0.1) is 6.58 Å². The average Bonchev–Trinajstić information content (AvgIpc) is 2.54. The summed E-state index contributed by atoms with van der Waals surface area (Å²) < 4.78 is 6.65. The van der Waals surface area contributed by atoms with Crippen LogP contribution in [0, 0.1) is 3.57 Å². The van der Waals surface area contributed by atoms with Gasteiger partial charge >= 0.3 is 0 Å². The molecular weight excluding hydrogens is 403 g/mol. The Balaban J connectivity index is 1.85. The molecule has 0 heterocycles. The molecule has 0 atom stereocenters. The van der Waals surface area contributed by atoms with Gasteiger partial charge in [0.25, 0.3) is 5.91 Å². The second kappa shape index (κ2) is 9.09. The molecule has 0 bridgehead atoms. The number of hydrogen-bond donors (Lipinski definition) is 1. The maximum atomic E-state index is 11.8. The summed E-state index contributed by atoms with van der Waals surface area (Å²) in [5.74, 6) is 0.379. The van der Waals surface area contributed by atoms with Crippen LogP contribution < -0.4 is 10.2 Å². The van der Waals surface area contributed by atoms with E-state index in [1.54, 1.807) is 12.3 Å². The fraction of sp³-hybridized carbons (Fsp3) is 0.111. The quantitative estimate of drug-likeness (QED) is 0.323. The Morgan fingerprint density at radius 1 is 1.26 bits per heavy atom. The molecule has 0 radical (unpaired) electrons. The summed E-state index contributed by atoms with van der Waals surface area (Å²) in [7, 11) is 0. The number of allylic oxidation sites excluding steroid dienone is 1. The van der Waals surface area contributed by atoms with E-state index < -0.39 is 0 Å². The first-order valence-electron chi connectivity index (χ1n) is 7.08. The molecule has 2 aromatic carbocycles. The van der Waals surface area contributed by atoms with Crippen LogP contribution in [0.1, 0.15) is 11.1 Å². The van der Waals surface area contributed by atoms with Gasteiger partial charge in [-0.3, -0.25) is 4.79 Å². The zero-order valence-electron chi connectivity index (χ0n) is 12.5. The summed E-state index contributed by atoms with van der Waals surface area (Å²) in [4.78, 5) is 11.8. The Morgan fingerprint density at radius 2 is 2.09 bits per heavy atom. The summed E-state index contributed by atoms with van der Waals surface area (Å²) in [6.07, 6.45) is 4.10. The van der Waals surface area contributed by atoms with Gasteiger partial charge in [0.15, 0.2) is 6.61 Å². The van der Waals surface area contributed by atoms with Gasteiger partial charge in [-0.2, -0.15) is 5.10 Å². The number of para-hydroxylation sites is 1. The van der Waals surface area contributed by atoms with E-state index >= 15 is 0 Å². The number of halogens is 1.